The first-order valence-electron chi connectivity index (χ1n) is 12.8. The average Bonchev–Trinajstić information content (AvgIpc) is 3.23. The van der Waals surface area contributed by atoms with Gasteiger partial charge in [0.1, 0.15) is 17.6 Å². The van der Waals surface area contributed by atoms with Gasteiger partial charge in [0.15, 0.2) is 17.8 Å². The van der Waals surface area contributed by atoms with Crippen molar-refractivity contribution in [1.29, 1.82) is 0 Å². The number of aryl methyl sites for hydroxylation is 1. The third kappa shape index (κ3) is 2.60. The number of carbonyl (C=O) groups excluding carboxylic acids is 3. The summed E-state index contributed by atoms with van der Waals surface area (Å²) in [5.41, 5.74) is -5.68. The van der Waals surface area contributed by atoms with E-state index in [1.165, 1.54) is 6.92 Å². The number of fused-ring (bicyclic) bond motifs is 4. The van der Waals surface area contributed by atoms with Crippen molar-refractivity contribution < 1.29 is 48.3 Å². The molecule has 38 heavy (non-hydrogen) atoms. The highest BCUT2D eigenvalue weighted by molar-refractivity contribution is 5.94. The molecule has 0 radical (unpaired) electrons. The maximum Gasteiger partial charge on any atom is 0.343 e. The minimum Gasteiger partial charge on any atom is -0.459 e. The van der Waals surface area contributed by atoms with Crippen LogP contribution in [0.5, 0.6) is 0 Å². The Bertz CT molecular complexity index is 1270. The van der Waals surface area contributed by atoms with Crippen LogP contribution in [0.3, 0.4) is 0 Å². The lowest BCUT2D eigenvalue weighted by atomic mass is 9.56. The number of aliphatic hydroxyl groups is 2. The molecule has 0 amide bonds. The van der Waals surface area contributed by atoms with Gasteiger partial charge in [0.05, 0.1) is 18.9 Å². The van der Waals surface area contributed by atoms with Crippen LogP contribution >= 0.6 is 0 Å². The molecule has 1 aromatic rings. The molecule has 1 aliphatic carbocycles. The molecule has 6 fully saturated rings. The Kier molecular flexibility index (Phi) is 4.99. The van der Waals surface area contributed by atoms with E-state index in [4.69, 9.17) is 23.7 Å². The lowest BCUT2D eigenvalue weighted by molar-refractivity contribution is -0.378. The Morgan fingerprint density at radius 2 is 1.76 bits per heavy atom. The van der Waals surface area contributed by atoms with Gasteiger partial charge in [-0.05, 0) is 25.0 Å². The monoisotopic (exact) mass is 528 g/mol. The molecule has 5 unspecified atom stereocenters. The van der Waals surface area contributed by atoms with Crippen LogP contribution in [0.25, 0.3) is 0 Å². The number of hydrogen-bond acceptors (Lipinski definition) is 10. The van der Waals surface area contributed by atoms with Crippen LogP contribution in [0.15, 0.2) is 36.4 Å². The van der Waals surface area contributed by atoms with Gasteiger partial charge in [-0.2, -0.15) is 0 Å². The van der Waals surface area contributed by atoms with Gasteiger partial charge in [0, 0.05) is 5.41 Å². The Labute approximate surface area is 219 Å². The van der Waals surface area contributed by atoms with E-state index >= 15 is 0 Å². The summed E-state index contributed by atoms with van der Waals surface area (Å²) in [5, 5.41) is 24.1. The van der Waals surface area contributed by atoms with E-state index in [2.05, 4.69) is 6.58 Å². The predicted molar refractivity (Wildman–Crippen MR) is 128 cm³/mol. The number of carbonyl (C=O) groups is 3. The van der Waals surface area contributed by atoms with Gasteiger partial charge >= 0.3 is 17.9 Å². The van der Waals surface area contributed by atoms with Crippen LogP contribution in [0.2, 0.25) is 0 Å². The molecule has 1 saturated carbocycles. The minimum atomic E-state index is -2.35. The summed E-state index contributed by atoms with van der Waals surface area (Å²) in [4.78, 5) is 40.2. The summed E-state index contributed by atoms with van der Waals surface area (Å²) in [7, 11) is 0. The largest absolute Gasteiger partial charge is 0.459 e. The van der Waals surface area contributed by atoms with Crippen molar-refractivity contribution >= 4 is 17.9 Å². The molecule has 5 aliphatic heterocycles. The number of aliphatic hydroxyl groups excluding tert-OH is 1. The molecule has 7 rings (SSSR count). The first-order valence-corrected chi connectivity index (χ1v) is 12.8. The highest BCUT2D eigenvalue weighted by Gasteiger charge is 2.95. The van der Waals surface area contributed by atoms with Crippen molar-refractivity contribution in [1.82, 2.24) is 0 Å². The molecule has 5 heterocycles. The molecular formula is C28H32O10. The van der Waals surface area contributed by atoms with Crippen LogP contribution in [-0.2, 0) is 44.7 Å². The van der Waals surface area contributed by atoms with E-state index in [9.17, 15) is 24.6 Å². The van der Waals surface area contributed by atoms with E-state index < -0.39 is 76.1 Å². The fraction of sp³-hybridized carbons (Fsp3) is 0.607. The van der Waals surface area contributed by atoms with Crippen molar-refractivity contribution in [3.63, 3.8) is 0 Å². The van der Waals surface area contributed by atoms with Crippen LogP contribution in [0, 0.1) is 23.7 Å². The molecule has 204 valence electrons. The van der Waals surface area contributed by atoms with Gasteiger partial charge in [-0.1, -0.05) is 57.2 Å². The maximum atomic E-state index is 13.9. The molecule has 6 aliphatic rings. The summed E-state index contributed by atoms with van der Waals surface area (Å²) in [6.07, 6.45) is -5.88. The van der Waals surface area contributed by atoms with Gasteiger partial charge in [-0.15, -0.1) is 0 Å². The van der Waals surface area contributed by atoms with Crippen molar-refractivity contribution in [3.8, 4) is 0 Å². The zero-order chi connectivity index (χ0) is 27.6. The van der Waals surface area contributed by atoms with Gasteiger partial charge in [0.2, 0.25) is 11.4 Å². The topological polar surface area (TPSA) is 138 Å². The van der Waals surface area contributed by atoms with Crippen LogP contribution in [-0.4, -0.2) is 69.5 Å². The Balaban J connectivity index is 1.55. The van der Waals surface area contributed by atoms with Gasteiger partial charge in [-0.3, -0.25) is 4.79 Å². The number of benzene rings is 1. The molecule has 10 heteroatoms. The Hall–Kier alpha value is -2.79. The molecule has 4 bridgehead atoms. The third-order valence-electron chi connectivity index (χ3n) is 9.41. The minimum absolute atomic E-state index is 0.000171. The Morgan fingerprint density at radius 3 is 2.39 bits per heavy atom. The zero-order valence-electron chi connectivity index (χ0n) is 22.0. The number of hydrogen-bond donors (Lipinski definition) is 2. The molecule has 5 saturated heterocycles. The molecule has 1 aromatic carbocycles. The second-order valence-electron chi connectivity index (χ2n) is 12.2. The van der Waals surface area contributed by atoms with Gasteiger partial charge in [0.25, 0.3) is 0 Å². The summed E-state index contributed by atoms with van der Waals surface area (Å²) in [5.74, 6) is -5.61. The van der Waals surface area contributed by atoms with Crippen LogP contribution < -0.4 is 0 Å². The second-order valence-corrected chi connectivity index (χ2v) is 12.2. The van der Waals surface area contributed by atoms with Crippen LogP contribution in [0.1, 0.15) is 45.2 Å². The van der Waals surface area contributed by atoms with Gasteiger partial charge < -0.3 is 33.9 Å². The third-order valence-corrected chi connectivity index (χ3v) is 9.41. The summed E-state index contributed by atoms with van der Waals surface area (Å²) >= 11 is 0. The smallest absolute Gasteiger partial charge is 0.343 e. The van der Waals surface area contributed by atoms with E-state index in [0.717, 1.165) is 11.1 Å². The number of esters is 3. The molecule has 9 atom stereocenters. The van der Waals surface area contributed by atoms with Gasteiger partial charge in [-0.25, -0.2) is 9.59 Å². The fourth-order valence-electron chi connectivity index (χ4n) is 7.24. The van der Waals surface area contributed by atoms with Crippen molar-refractivity contribution in [2.45, 2.75) is 89.1 Å². The van der Waals surface area contributed by atoms with E-state index in [1.807, 2.05) is 31.2 Å². The summed E-state index contributed by atoms with van der Waals surface area (Å²) in [6.45, 7) is 12.8. The zero-order valence-corrected chi connectivity index (χ0v) is 22.0. The standard InChI is InChI=1S/C28H32O10/c1-13-7-9-16(10-8-13)12-34-18-14(2)26-17-11-25(24(4,5)6,37-22(18)31)38-28(26,23(32)35-17)27(33)15(3)21(30)36-20(27)19(26)29/h7-10,15,17-20,29,33H,2,11-12H2,1,3-6H3/t15-,17?,18?,19+,20?,25+,26?,27-,28?/m1/s1. The molecule has 1 spiro atoms. The SMILES string of the molecule is C=C1C(OCc2ccc(C)cc2)C(=O)O[C@@]2(C(C)(C)C)CC3OC(=O)C4(O2)C13[C@@H](O)C1OC(=O)[C@@H](C)[C@@]14O. The average molecular weight is 529 g/mol. The number of rotatable bonds is 3. The van der Waals surface area contributed by atoms with E-state index in [0.29, 0.717) is 0 Å². The van der Waals surface area contributed by atoms with Crippen LogP contribution in [0.4, 0.5) is 0 Å². The lowest BCUT2D eigenvalue weighted by Crippen LogP contribution is -2.76. The molecule has 2 N–H and O–H groups in total. The normalized spacial score (nSPS) is 45.2. The van der Waals surface area contributed by atoms with Crippen molar-refractivity contribution in [2.75, 3.05) is 0 Å². The molecule has 0 aromatic heterocycles. The maximum absolute atomic E-state index is 13.9. The quantitative estimate of drug-likeness (QED) is 0.337. The molecular weight excluding hydrogens is 496 g/mol. The first-order chi connectivity index (χ1) is 17.7. The predicted octanol–water partition coefficient (Wildman–Crippen LogP) is 1.47. The highest BCUT2D eigenvalue weighted by Crippen LogP contribution is 2.74. The molecule has 10 nitrogen and oxygen atoms in total. The lowest BCUT2D eigenvalue weighted by Gasteiger charge is -2.59. The number of ether oxygens (including phenoxy) is 5. The Morgan fingerprint density at radius 1 is 1.11 bits per heavy atom. The summed E-state index contributed by atoms with van der Waals surface area (Å²) in [6, 6.07) is 7.52. The fourth-order valence-corrected chi connectivity index (χ4v) is 7.24. The summed E-state index contributed by atoms with van der Waals surface area (Å²) < 4.78 is 30.0. The highest BCUT2D eigenvalue weighted by atomic mass is 16.8. The van der Waals surface area contributed by atoms with Crippen molar-refractivity contribution in [3.05, 3.63) is 47.5 Å². The van der Waals surface area contributed by atoms with Crippen molar-refractivity contribution in [2.24, 2.45) is 16.7 Å². The van der Waals surface area contributed by atoms with E-state index in [1.54, 1.807) is 20.8 Å². The first kappa shape index (κ1) is 25.5. The second kappa shape index (κ2) is 7.44. The van der Waals surface area contributed by atoms with E-state index in [-0.39, 0.29) is 18.6 Å².